The van der Waals surface area contributed by atoms with Crippen molar-refractivity contribution in [1.29, 1.82) is 0 Å². The number of primary sulfonamides is 1. The van der Waals surface area contributed by atoms with E-state index in [1.807, 2.05) is 19.9 Å². The van der Waals surface area contributed by atoms with Gasteiger partial charge in [0.05, 0.1) is 12.2 Å². The highest BCUT2D eigenvalue weighted by atomic mass is 79.9. The van der Waals surface area contributed by atoms with Gasteiger partial charge in [0.1, 0.15) is 5.76 Å². The van der Waals surface area contributed by atoms with Gasteiger partial charge in [0, 0.05) is 4.47 Å². The molecule has 0 unspecified atom stereocenters. The van der Waals surface area contributed by atoms with Gasteiger partial charge in [0.25, 0.3) is 10.0 Å². The van der Waals surface area contributed by atoms with E-state index in [1.165, 1.54) is 6.07 Å². The summed E-state index contributed by atoms with van der Waals surface area (Å²) in [6.45, 7) is 4.39. The summed E-state index contributed by atoms with van der Waals surface area (Å²) in [6.07, 6.45) is 0. The fourth-order valence-electron chi connectivity index (χ4n) is 1.92. The average Bonchev–Trinajstić information content (AvgIpc) is 2.75. The zero-order valence-corrected chi connectivity index (χ0v) is 13.5. The molecule has 2 aromatic rings. The molecule has 0 amide bonds. The van der Waals surface area contributed by atoms with Crippen LogP contribution in [0.4, 0.5) is 5.69 Å². The minimum atomic E-state index is -3.79. The number of rotatable bonds is 4. The summed E-state index contributed by atoms with van der Waals surface area (Å²) in [5, 5.41) is 7.98. The molecule has 0 fully saturated rings. The number of anilines is 1. The van der Waals surface area contributed by atoms with Crippen LogP contribution in [-0.2, 0) is 16.6 Å². The maximum atomic E-state index is 11.1. The normalized spacial score (nSPS) is 11.6. The largest absolute Gasteiger partial charge is 0.446 e. The second-order valence-corrected chi connectivity index (χ2v) is 6.90. The molecule has 7 heteroatoms. The zero-order chi connectivity index (χ0) is 14.9. The van der Waals surface area contributed by atoms with E-state index in [-0.39, 0.29) is 5.09 Å². The van der Waals surface area contributed by atoms with Gasteiger partial charge in [-0.15, -0.1) is 0 Å². The van der Waals surface area contributed by atoms with Gasteiger partial charge in [-0.1, -0.05) is 6.07 Å². The first-order valence-corrected chi connectivity index (χ1v) is 8.23. The number of sulfonamides is 1. The molecule has 0 atom stereocenters. The Balaban J connectivity index is 2.16. The highest BCUT2D eigenvalue weighted by Gasteiger charge is 2.13. The van der Waals surface area contributed by atoms with E-state index in [0.717, 1.165) is 21.3 Å². The average molecular weight is 359 g/mol. The van der Waals surface area contributed by atoms with E-state index >= 15 is 0 Å². The van der Waals surface area contributed by atoms with Crippen molar-refractivity contribution < 1.29 is 12.8 Å². The molecule has 0 saturated carbocycles. The van der Waals surface area contributed by atoms with Gasteiger partial charge in [-0.3, -0.25) is 0 Å². The third kappa shape index (κ3) is 3.41. The van der Waals surface area contributed by atoms with Crippen molar-refractivity contribution in [2.75, 3.05) is 5.32 Å². The van der Waals surface area contributed by atoms with Gasteiger partial charge in [0.2, 0.25) is 5.09 Å². The van der Waals surface area contributed by atoms with Gasteiger partial charge in [-0.05, 0) is 59.1 Å². The van der Waals surface area contributed by atoms with Gasteiger partial charge in [-0.2, -0.15) is 0 Å². The van der Waals surface area contributed by atoms with Crippen LogP contribution in [0.3, 0.4) is 0 Å². The molecule has 3 N–H and O–H groups in total. The molecule has 5 nitrogen and oxygen atoms in total. The first-order valence-electron chi connectivity index (χ1n) is 5.89. The van der Waals surface area contributed by atoms with Crippen LogP contribution in [0.1, 0.15) is 16.9 Å². The molecule has 108 valence electrons. The lowest BCUT2D eigenvalue weighted by molar-refractivity contribution is 0.419. The Morgan fingerprint density at radius 1 is 1.30 bits per heavy atom. The molecule has 1 aromatic carbocycles. The summed E-state index contributed by atoms with van der Waals surface area (Å²) in [6, 6.07) is 7.01. The maximum Gasteiger partial charge on any atom is 0.271 e. The predicted molar refractivity (Wildman–Crippen MR) is 81.0 cm³/mol. The fraction of sp³-hybridized carbons (Fsp3) is 0.231. The lowest BCUT2D eigenvalue weighted by Crippen LogP contribution is -2.10. The van der Waals surface area contributed by atoms with Crippen molar-refractivity contribution in [3.63, 3.8) is 0 Å². The number of furan rings is 1. The van der Waals surface area contributed by atoms with Gasteiger partial charge < -0.3 is 9.73 Å². The first-order chi connectivity index (χ1) is 9.27. The topological polar surface area (TPSA) is 85.3 Å². The van der Waals surface area contributed by atoms with E-state index in [1.54, 1.807) is 6.07 Å². The Morgan fingerprint density at radius 3 is 2.55 bits per heavy atom. The van der Waals surface area contributed by atoms with Crippen molar-refractivity contribution in [2.24, 2.45) is 5.14 Å². The van der Waals surface area contributed by atoms with Crippen molar-refractivity contribution >= 4 is 31.6 Å². The number of hydrogen-bond donors (Lipinski definition) is 2. The molecular weight excluding hydrogens is 344 g/mol. The second-order valence-electron chi connectivity index (χ2n) is 4.56. The molecule has 1 heterocycles. The lowest BCUT2D eigenvalue weighted by Gasteiger charge is -2.11. The third-order valence-electron chi connectivity index (χ3n) is 2.79. The summed E-state index contributed by atoms with van der Waals surface area (Å²) < 4.78 is 28.4. The minimum Gasteiger partial charge on any atom is -0.446 e. The molecule has 0 aliphatic carbocycles. The van der Waals surface area contributed by atoms with E-state index in [4.69, 9.17) is 9.56 Å². The number of aryl methyl sites for hydroxylation is 2. The standard InChI is InChI=1S/C13H15BrN2O3S/c1-8-5-9(2)13(11(14)6-8)16-7-10-3-4-12(19-10)20(15,17)18/h3-6,16H,7H2,1-2H3,(H2,15,17,18). The molecule has 0 saturated heterocycles. The van der Waals surface area contributed by atoms with E-state index < -0.39 is 10.0 Å². The molecule has 2 rings (SSSR count). The van der Waals surface area contributed by atoms with E-state index in [9.17, 15) is 8.42 Å². The SMILES string of the molecule is Cc1cc(C)c(NCc2ccc(S(N)(=O)=O)o2)c(Br)c1. The first kappa shape index (κ1) is 15.1. The summed E-state index contributed by atoms with van der Waals surface area (Å²) >= 11 is 3.50. The van der Waals surface area contributed by atoms with Crippen LogP contribution in [-0.4, -0.2) is 8.42 Å². The van der Waals surface area contributed by atoms with Crippen molar-refractivity contribution in [3.8, 4) is 0 Å². The summed E-state index contributed by atoms with van der Waals surface area (Å²) in [4.78, 5) is 0. The highest BCUT2D eigenvalue weighted by Crippen LogP contribution is 2.28. The molecule has 0 bridgehead atoms. The van der Waals surface area contributed by atoms with Gasteiger partial charge >= 0.3 is 0 Å². The Hall–Kier alpha value is -1.31. The van der Waals surface area contributed by atoms with Crippen LogP contribution < -0.4 is 10.5 Å². The summed E-state index contributed by atoms with van der Waals surface area (Å²) in [5.41, 5.74) is 3.20. The van der Waals surface area contributed by atoms with Crippen LogP contribution in [0.15, 0.2) is 38.2 Å². The monoisotopic (exact) mass is 358 g/mol. The second kappa shape index (κ2) is 5.59. The predicted octanol–water partition coefficient (Wildman–Crippen LogP) is 2.92. The number of nitrogens with two attached hydrogens (primary N) is 1. The number of nitrogens with one attached hydrogen (secondary N) is 1. The Kier molecular flexibility index (Phi) is 4.22. The molecule has 0 radical (unpaired) electrons. The Morgan fingerprint density at radius 2 is 2.00 bits per heavy atom. The van der Waals surface area contributed by atoms with Crippen LogP contribution >= 0.6 is 15.9 Å². The molecule has 0 aliphatic heterocycles. The van der Waals surface area contributed by atoms with Crippen LogP contribution in [0.2, 0.25) is 0 Å². The summed E-state index contributed by atoms with van der Waals surface area (Å²) in [7, 11) is -3.79. The van der Waals surface area contributed by atoms with Crippen molar-refractivity contribution in [1.82, 2.24) is 0 Å². The van der Waals surface area contributed by atoms with Gasteiger partial charge in [0.15, 0.2) is 0 Å². The highest BCUT2D eigenvalue weighted by molar-refractivity contribution is 9.10. The summed E-state index contributed by atoms with van der Waals surface area (Å²) in [5.74, 6) is 0.501. The van der Waals surface area contributed by atoms with E-state index in [2.05, 4.69) is 27.3 Å². The zero-order valence-electron chi connectivity index (χ0n) is 11.1. The molecule has 20 heavy (non-hydrogen) atoms. The Labute approximate surface area is 126 Å². The quantitative estimate of drug-likeness (QED) is 0.879. The number of benzene rings is 1. The van der Waals surface area contributed by atoms with Crippen LogP contribution in [0.25, 0.3) is 0 Å². The van der Waals surface area contributed by atoms with Crippen LogP contribution in [0.5, 0.6) is 0 Å². The molecular formula is C13H15BrN2O3S. The lowest BCUT2D eigenvalue weighted by atomic mass is 10.1. The fourth-order valence-corrected chi connectivity index (χ4v) is 3.22. The van der Waals surface area contributed by atoms with Crippen molar-refractivity contribution in [3.05, 3.63) is 45.6 Å². The number of halogens is 1. The molecule has 0 spiro atoms. The third-order valence-corrected chi connectivity index (χ3v) is 4.19. The van der Waals surface area contributed by atoms with E-state index in [0.29, 0.717) is 12.3 Å². The molecule has 0 aliphatic rings. The molecule has 1 aromatic heterocycles. The Bertz CT molecular complexity index is 715. The smallest absolute Gasteiger partial charge is 0.271 e. The van der Waals surface area contributed by atoms with Gasteiger partial charge in [-0.25, -0.2) is 13.6 Å². The number of hydrogen-bond acceptors (Lipinski definition) is 4. The maximum absolute atomic E-state index is 11.1. The van der Waals surface area contributed by atoms with Crippen LogP contribution in [0, 0.1) is 13.8 Å². The van der Waals surface area contributed by atoms with Crippen molar-refractivity contribution in [2.45, 2.75) is 25.5 Å². The minimum absolute atomic E-state index is 0.228.